The minimum absolute atomic E-state index is 0.197. The lowest BCUT2D eigenvalue weighted by Gasteiger charge is -2.11. The van der Waals surface area contributed by atoms with Crippen molar-refractivity contribution in [2.75, 3.05) is 20.8 Å². The molecule has 1 atom stereocenters. The summed E-state index contributed by atoms with van der Waals surface area (Å²) in [5, 5.41) is 8.88. The Hall–Kier alpha value is -2.08. The lowest BCUT2D eigenvalue weighted by Crippen LogP contribution is -2.26. The normalized spacial score (nSPS) is 11.8. The Morgan fingerprint density at radius 1 is 1.19 bits per heavy atom. The van der Waals surface area contributed by atoms with E-state index in [9.17, 15) is 9.59 Å². The SMILES string of the molecule is CCC(C(=O)O)C(=O)COCc1ccc(OC)c(OC)c1. The highest BCUT2D eigenvalue weighted by Gasteiger charge is 2.23. The van der Waals surface area contributed by atoms with Gasteiger partial charge in [0.25, 0.3) is 0 Å². The number of benzene rings is 1. The monoisotopic (exact) mass is 296 g/mol. The number of carbonyl (C=O) groups excluding carboxylic acids is 1. The summed E-state index contributed by atoms with van der Waals surface area (Å²) in [7, 11) is 3.08. The highest BCUT2D eigenvalue weighted by molar-refractivity contribution is 5.98. The van der Waals surface area contributed by atoms with Gasteiger partial charge in [-0.05, 0) is 24.1 Å². The van der Waals surface area contributed by atoms with E-state index in [1.165, 1.54) is 7.11 Å². The Bertz CT molecular complexity index is 497. The summed E-state index contributed by atoms with van der Waals surface area (Å²) in [4.78, 5) is 22.5. The maximum Gasteiger partial charge on any atom is 0.314 e. The summed E-state index contributed by atoms with van der Waals surface area (Å²) in [6.45, 7) is 1.63. The second-order valence-corrected chi connectivity index (χ2v) is 4.45. The molecule has 0 aliphatic heterocycles. The van der Waals surface area contributed by atoms with Crippen molar-refractivity contribution in [2.45, 2.75) is 20.0 Å². The van der Waals surface area contributed by atoms with Crippen molar-refractivity contribution in [3.8, 4) is 11.5 Å². The zero-order chi connectivity index (χ0) is 15.8. The maximum absolute atomic E-state index is 11.7. The van der Waals surface area contributed by atoms with Crippen molar-refractivity contribution in [1.29, 1.82) is 0 Å². The van der Waals surface area contributed by atoms with Crippen molar-refractivity contribution < 1.29 is 28.9 Å². The molecule has 0 aromatic heterocycles. The Morgan fingerprint density at radius 2 is 1.86 bits per heavy atom. The minimum Gasteiger partial charge on any atom is -0.493 e. The van der Waals surface area contributed by atoms with E-state index in [0.29, 0.717) is 11.5 Å². The fourth-order valence-corrected chi connectivity index (χ4v) is 1.88. The number of rotatable bonds is 9. The van der Waals surface area contributed by atoms with Crippen LogP contribution in [0.15, 0.2) is 18.2 Å². The smallest absolute Gasteiger partial charge is 0.314 e. The van der Waals surface area contributed by atoms with E-state index in [-0.39, 0.29) is 19.6 Å². The van der Waals surface area contributed by atoms with Crippen LogP contribution in [0.1, 0.15) is 18.9 Å². The van der Waals surface area contributed by atoms with Gasteiger partial charge in [0.2, 0.25) is 0 Å². The zero-order valence-corrected chi connectivity index (χ0v) is 12.4. The molecule has 0 saturated heterocycles. The highest BCUT2D eigenvalue weighted by Crippen LogP contribution is 2.27. The number of Topliss-reactive ketones (excluding diaryl/α,β-unsaturated/α-hetero) is 1. The molecule has 0 fully saturated rings. The number of hydrogen-bond acceptors (Lipinski definition) is 5. The minimum atomic E-state index is -1.11. The first-order valence-corrected chi connectivity index (χ1v) is 6.57. The van der Waals surface area contributed by atoms with Crippen LogP contribution in [0, 0.1) is 5.92 Å². The van der Waals surface area contributed by atoms with Gasteiger partial charge < -0.3 is 19.3 Å². The first-order chi connectivity index (χ1) is 10.0. The van der Waals surface area contributed by atoms with E-state index < -0.39 is 17.7 Å². The van der Waals surface area contributed by atoms with Crippen LogP contribution in [-0.2, 0) is 20.9 Å². The summed E-state index contributed by atoms with van der Waals surface area (Å²) in [5.41, 5.74) is 0.809. The van der Waals surface area contributed by atoms with Gasteiger partial charge in [0.05, 0.1) is 20.8 Å². The third kappa shape index (κ3) is 4.75. The number of carboxylic acid groups (broad SMARTS) is 1. The predicted molar refractivity (Wildman–Crippen MR) is 75.6 cm³/mol. The molecular formula is C15H20O6. The molecule has 116 valence electrons. The number of methoxy groups -OCH3 is 2. The Labute approximate surface area is 123 Å². The molecule has 0 heterocycles. The van der Waals surface area contributed by atoms with Crippen molar-refractivity contribution >= 4 is 11.8 Å². The van der Waals surface area contributed by atoms with Crippen LogP contribution >= 0.6 is 0 Å². The van der Waals surface area contributed by atoms with Crippen LogP contribution in [0.5, 0.6) is 11.5 Å². The third-order valence-electron chi connectivity index (χ3n) is 3.06. The Kier molecular flexibility index (Phi) is 6.68. The van der Waals surface area contributed by atoms with E-state index >= 15 is 0 Å². The van der Waals surface area contributed by atoms with Gasteiger partial charge in [-0.3, -0.25) is 9.59 Å². The van der Waals surface area contributed by atoms with E-state index in [2.05, 4.69) is 0 Å². The van der Waals surface area contributed by atoms with Gasteiger partial charge in [-0.1, -0.05) is 13.0 Å². The van der Waals surface area contributed by atoms with Crippen LogP contribution in [0.3, 0.4) is 0 Å². The molecule has 21 heavy (non-hydrogen) atoms. The van der Waals surface area contributed by atoms with Crippen LogP contribution in [0.4, 0.5) is 0 Å². The summed E-state index contributed by atoms with van der Waals surface area (Å²) < 4.78 is 15.6. The molecule has 0 bridgehead atoms. The lowest BCUT2D eigenvalue weighted by atomic mass is 10.0. The molecule has 1 aromatic rings. The van der Waals surface area contributed by atoms with Crippen molar-refractivity contribution in [1.82, 2.24) is 0 Å². The summed E-state index contributed by atoms with van der Waals surface area (Å²) in [6, 6.07) is 5.28. The van der Waals surface area contributed by atoms with Crippen LogP contribution in [0.2, 0.25) is 0 Å². The molecule has 1 unspecified atom stereocenters. The molecule has 1 aromatic carbocycles. The molecule has 0 aliphatic rings. The van der Waals surface area contributed by atoms with Crippen LogP contribution < -0.4 is 9.47 Å². The van der Waals surface area contributed by atoms with E-state index in [1.807, 2.05) is 0 Å². The first kappa shape index (κ1) is 17.0. The fraction of sp³-hybridized carbons (Fsp3) is 0.467. The maximum atomic E-state index is 11.7. The van der Waals surface area contributed by atoms with Gasteiger partial charge >= 0.3 is 5.97 Å². The van der Waals surface area contributed by atoms with Crippen LogP contribution in [0.25, 0.3) is 0 Å². The lowest BCUT2D eigenvalue weighted by molar-refractivity contribution is -0.148. The summed E-state index contributed by atoms with van der Waals surface area (Å²) in [5.74, 6) is -1.37. The van der Waals surface area contributed by atoms with Gasteiger partial charge in [0, 0.05) is 0 Å². The number of carboxylic acids is 1. The summed E-state index contributed by atoms with van der Waals surface area (Å²) in [6.07, 6.45) is 0.258. The molecular weight excluding hydrogens is 276 g/mol. The van der Waals surface area contributed by atoms with E-state index in [4.69, 9.17) is 19.3 Å². The van der Waals surface area contributed by atoms with Gasteiger partial charge in [-0.25, -0.2) is 0 Å². The zero-order valence-electron chi connectivity index (χ0n) is 12.4. The average Bonchev–Trinajstić information content (AvgIpc) is 2.47. The number of aliphatic carboxylic acids is 1. The molecule has 0 amide bonds. The topological polar surface area (TPSA) is 82.1 Å². The highest BCUT2D eigenvalue weighted by atomic mass is 16.5. The molecule has 0 radical (unpaired) electrons. The standard InChI is InChI=1S/C15H20O6/c1-4-11(15(17)18)12(16)9-21-8-10-5-6-13(19-2)14(7-10)20-3/h5-7,11H,4,8-9H2,1-3H3,(H,17,18). The Morgan fingerprint density at radius 3 is 2.38 bits per heavy atom. The van der Waals surface area contributed by atoms with Crippen molar-refractivity contribution in [2.24, 2.45) is 5.92 Å². The second kappa shape index (κ2) is 8.26. The molecule has 6 heteroatoms. The quantitative estimate of drug-likeness (QED) is 0.701. The molecule has 0 saturated carbocycles. The van der Waals surface area contributed by atoms with E-state index in [1.54, 1.807) is 32.2 Å². The van der Waals surface area contributed by atoms with Crippen molar-refractivity contribution in [3.63, 3.8) is 0 Å². The second-order valence-electron chi connectivity index (χ2n) is 4.45. The van der Waals surface area contributed by atoms with Gasteiger partial charge in [-0.2, -0.15) is 0 Å². The van der Waals surface area contributed by atoms with Crippen molar-refractivity contribution in [3.05, 3.63) is 23.8 Å². The number of carbonyl (C=O) groups is 2. The first-order valence-electron chi connectivity index (χ1n) is 6.57. The average molecular weight is 296 g/mol. The van der Waals surface area contributed by atoms with Gasteiger partial charge in [0.15, 0.2) is 17.3 Å². The fourth-order valence-electron chi connectivity index (χ4n) is 1.88. The molecule has 6 nitrogen and oxygen atoms in total. The molecule has 1 rings (SSSR count). The molecule has 1 N–H and O–H groups in total. The van der Waals surface area contributed by atoms with Gasteiger partial charge in [0.1, 0.15) is 12.5 Å². The summed E-state index contributed by atoms with van der Waals surface area (Å²) >= 11 is 0. The Balaban J connectivity index is 2.56. The third-order valence-corrected chi connectivity index (χ3v) is 3.06. The number of ketones is 1. The molecule has 0 aliphatic carbocycles. The largest absolute Gasteiger partial charge is 0.493 e. The van der Waals surface area contributed by atoms with Crippen LogP contribution in [-0.4, -0.2) is 37.7 Å². The predicted octanol–water partition coefficient (Wildman–Crippen LogP) is 1.90. The molecule has 0 spiro atoms. The number of hydrogen-bond donors (Lipinski definition) is 1. The van der Waals surface area contributed by atoms with E-state index in [0.717, 1.165) is 5.56 Å². The van der Waals surface area contributed by atoms with Gasteiger partial charge in [-0.15, -0.1) is 0 Å². The number of ether oxygens (including phenoxy) is 3.